The van der Waals surface area contributed by atoms with Crippen molar-refractivity contribution in [3.05, 3.63) is 68.2 Å². The molecule has 2 aromatic carbocycles. The smallest absolute Gasteiger partial charge is 0.282 e. The highest BCUT2D eigenvalue weighted by molar-refractivity contribution is 9.10. The van der Waals surface area contributed by atoms with E-state index in [1.807, 2.05) is 6.92 Å². The van der Waals surface area contributed by atoms with Crippen LogP contribution in [0.3, 0.4) is 0 Å². The van der Waals surface area contributed by atoms with Crippen molar-refractivity contribution in [1.29, 1.82) is 0 Å². The van der Waals surface area contributed by atoms with Crippen LogP contribution in [0, 0.1) is 10.1 Å². The number of ether oxygens (including phenoxy) is 1. The molecule has 2 rings (SSSR count). The Morgan fingerprint density at radius 2 is 1.84 bits per heavy atom. The number of rotatable bonds is 5. The van der Waals surface area contributed by atoms with E-state index in [0.717, 1.165) is 0 Å². The summed E-state index contributed by atoms with van der Waals surface area (Å²) in [6, 6.07) is 10.1. The number of hydrogen-bond acceptors (Lipinski definition) is 5. The van der Waals surface area contributed by atoms with E-state index >= 15 is 0 Å². The molecule has 0 spiro atoms. The Morgan fingerprint density at radius 3 is 2.48 bits per heavy atom. The highest BCUT2D eigenvalue weighted by Gasteiger charge is 2.19. The molecule has 2 N–H and O–H groups in total. The first kappa shape index (κ1) is 18.4. The van der Waals surface area contributed by atoms with Gasteiger partial charge in [0.05, 0.1) is 16.0 Å². The molecule has 0 atom stereocenters. The van der Waals surface area contributed by atoms with E-state index in [1.54, 1.807) is 6.07 Å². The van der Waals surface area contributed by atoms with Crippen LogP contribution in [0.1, 0.15) is 27.6 Å². The quantitative estimate of drug-likeness (QED) is 0.584. The van der Waals surface area contributed by atoms with E-state index in [-0.39, 0.29) is 16.8 Å². The summed E-state index contributed by atoms with van der Waals surface area (Å²) in [6.07, 6.45) is 0. The summed E-state index contributed by atoms with van der Waals surface area (Å²) in [5, 5.41) is 10.9. The van der Waals surface area contributed by atoms with Crippen LogP contribution in [0.2, 0.25) is 0 Å². The lowest BCUT2D eigenvalue weighted by atomic mass is 10.2. The van der Waals surface area contributed by atoms with Crippen LogP contribution in [0.25, 0.3) is 0 Å². The summed E-state index contributed by atoms with van der Waals surface area (Å²) in [4.78, 5) is 34.4. The molecule has 8 nitrogen and oxygen atoms in total. The Bertz CT molecular complexity index is 825. The molecule has 0 aliphatic rings. The van der Waals surface area contributed by atoms with Gasteiger partial charge in [-0.15, -0.1) is 0 Å². The minimum absolute atomic E-state index is 0.152. The Balaban J connectivity index is 2.06. The van der Waals surface area contributed by atoms with Crippen LogP contribution >= 0.6 is 15.9 Å². The molecule has 0 saturated carbocycles. The fraction of sp³-hybridized carbons (Fsp3) is 0.125. The zero-order chi connectivity index (χ0) is 18.4. The summed E-state index contributed by atoms with van der Waals surface area (Å²) >= 11 is 3.29. The number of benzene rings is 2. The number of nitrogens with zero attached hydrogens (tertiary/aromatic N) is 1. The van der Waals surface area contributed by atoms with Gasteiger partial charge in [-0.2, -0.15) is 0 Å². The van der Waals surface area contributed by atoms with E-state index in [2.05, 4.69) is 26.8 Å². The van der Waals surface area contributed by atoms with E-state index in [1.165, 1.54) is 36.4 Å². The van der Waals surface area contributed by atoms with Gasteiger partial charge in [-0.1, -0.05) is 12.1 Å². The second-order valence-electron chi connectivity index (χ2n) is 4.76. The number of carbonyl (C=O) groups is 2. The van der Waals surface area contributed by atoms with E-state index in [4.69, 9.17) is 4.74 Å². The van der Waals surface area contributed by atoms with Crippen molar-refractivity contribution >= 4 is 33.4 Å². The van der Waals surface area contributed by atoms with Gasteiger partial charge in [0.1, 0.15) is 11.3 Å². The molecule has 0 saturated heterocycles. The first-order valence-corrected chi connectivity index (χ1v) is 7.99. The second-order valence-corrected chi connectivity index (χ2v) is 5.62. The Hall–Kier alpha value is -2.94. The number of amides is 2. The lowest BCUT2D eigenvalue weighted by molar-refractivity contribution is -0.385. The number of hydrazine groups is 1. The molecule has 0 aromatic heterocycles. The van der Waals surface area contributed by atoms with Crippen LogP contribution < -0.4 is 15.6 Å². The fourth-order valence-corrected chi connectivity index (χ4v) is 2.49. The molecule has 2 aromatic rings. The number of halogens is 1. The molecule has 0 radical (unpaired) electrons. The molecule has 2 amide bonds. The van der Waals surface area contributed by atoms with Crippen LogP contribution in [-0.2, 0) is 0 Å². The predicted octanol–water partition coefficient (Wildman–Crippen LogP) is 2.83. The average molecular weight is 408 g/mol. The molecule has 130 valence electrons. The standard InChI is InChI=1S/C16H14BrN3O5/c1-2-25-14-8-7-10(9-12(14)17)15(21)18-19-16(22)11-5-3-4-6-13(11)20(23)24/h3-9H,2H2,1H3,(H,18,21)(H,19,22). The van der Waals surface area contributed by atoms with Crippen LogP contribution in [-0.4, -0.2) is 23.3 Å². The fourth-order valence-electron chi connectivity index (χ4n) is 1.99. The number of para-hydroxylation sites is 1. The van der Waals surface area contributed by atoms with E-state index < -0.39 is 16.7 Å². The third-order valence-electron chi connectivity index (χ3n) is 3.13. The van der Waals surface area contributed by atoms with Crippen LogP contribution in [0.5, 0.6) is 5.75 Å². The molecule has 0 aliphatic heterocycles. The summed E-state index contributed by atoms with van der Waals surface area (Å²) < 4.78 is 5.94. The molecule has 9 heteroatoms. The number of nitro groups is 1. The zero-order valence-electron chi connectivity index (χ0n) is 13.1. The van der Waals surface area contributed by atoms with Crippen LogP contribution in [0.15, 0.2) is 46.9 Å². The third kappa shape index (κ3) is 4.54. The van der Waals surface area contributed by atoms with Gasteiger partial charge in [0, 0.05) is 11.6 Å². The SMILES string of the molecule is CCOc1ccc(C(=O)NNC(=O)c2ccccc2[N+](=O)[O-])cc1Br. The van der Waals surface area contributed by atoms with Crippen molar-refractivity contribution in [1.82, 2.24) is 10.9 Å². The number of hydrogen-bond donors (Lipinski definition) is 2. The van der Waals surface area contributed by atoms with E-state index in [9.17, 15) is 19.7 Å². The lowest BCUT2D eigenvalue weighted by Gasteiger charge is -2.10. The zero-order valence-corrected chi connectivity index (χ0v) is 14.7. The highest BCUT2D eigenvalue weighted by atomic mass is 79.9. The normalized spacial score (nSPS) is 10.0. The molecule has 25 heavy (non-hydrogen) atoms. The molecule has 0 bridgehead atoms. The molecule has 0 aliphatic carbocycles. The number of nitro benzene ring substituents is 1. The van der Waals surface area contributed by atoms with Crippen molar-refractivity contribution < 1.29 is 19.2 Å². The maximum Gasteiger partial charge on any atom is 0.282 e. The van der Waals surface area contributed by atoms with Gasteiger partial charge < -0.3 is 4.74 Å². The number of carbonyl (C=O) groups excluding carboxylic acids is 2. The molecule has 0 fully saturated rings. The van der Waals surface area contributed by atoms with Gasteiger partial charge in [-0.05, 0) is 47.1 Å². The van der Waals surface area contributed by atoms with Crippen molar-refractivity contribution in [3.63, 3.8) is 0 Å². The Morgan fingerprint density at radius 1 is 1.16 bits per heavy atom. The minimum Gasteiger partial charge on any atom is -0.493 e. The minimum atomic E-state index is -0.786. The van der Waals surface area contributed by atoms with Gasteiger partial charge in [0.2, 0.25) is 0 Å². The largest absolute Gasteiger partial charge is 0.493 e. The van der Waals surface area contributed by atoms with Crippen LogP contribution in [0.4, 0.5) is 5.69 Å². The summed E-state index contributed by atoms with van der Waals surface area (Å²) in [5.41, 5.74) is 4.16. The molecular formula is C16H14BrN3O5. The Kier molecular flexibility index (Phi) is 6.07. The van der Waals surface area contributed by atoms with Gasteiger partial charge >= 0.3 is 0 Å². The average Bonchev–Trinajstić information content (AvgIpc) is 2.61. The highest BCUT2D eigenvalue weighted by Crippen LogP contribution is 2.26. The molecule has 0 unspecified atom stereocenters. The first-order chi connectivity index (χ1) is 11.9. The first-order valence-electron chi connectivity index (χ1n) is 7.20. The van der Waals surface area contributed by atoms with Gasteiger partial charge in [-0.3, -0.25) is 30.6 Å². The maximum atomic E-state index is 12.1. The lowest BCUT2D eigenvalue weighted by Crippen LogP contribution is -2.41. The topological polar surface area (TPSA) is 111 Å². The maximum absolute atomic E-state index is 12.1. The molecular weight excluding hydrogens is 394 g/mol. The van der Waals surface area contributed by atoms with Crippen molar-refractivity contribution in [2.75, 3.05) is 6.61 Å². The second kappa shape index (κ2) is 8.25. The van der Waals surface area contributed by atoms with Gasteiger partial charge in [0.25, 0.3) is 17.5 Å². The predicted molar refractivity (Wildman–Crippen MR) is 93.3 cm³/mol. The monoisotopic (exact) mass is 407 g/mol. The van der Waals surface area contributed by atoms with Gasteiger partial charge in [-0.25, -0.2) is 0 Å². The van der Waals surface area contributed by atoms with Crippen molar-refractivity contribution in [2.24, 2.45) is 0 Å². The van der Waals surface area contributed by atoms with Gasteiger partial charge in [0.15, 0.2) is 0 Å². The summed E-state index contributed by atoms with van der Waals surface area (Å²) in [6.45, 7) is 2.32. The Labute approximate surface area is 151 Å². The summed E-state index contributed by atoms with van der Waals surface area (Å²) in [7, 11) is 0. The third-order valence-corrected chi connectivity index (χ3v) is 3.75. The number of nitrogens with one attached hydrogen (secondary N) is 2. The molecule has 0 heterocycles. The van der Waals surface area contributed by atoms with E-state index in [0.29, 0.717) is 16.8 Å². The van der Waals surface area contributed by atoms with Crippen molar-refractivity contribution in [2.45, 2.75) is 6.92 Å². The summed E-state index contributed by atoms with van der Waals surface area (Å²) in [5.74, 6) is -0.774. The van der Waals surface area contributed by atoms with Crippen molar-refractivity contribution in [3.8, 4) is 5.75 Å².